The summed E-state index contributed by atoms with van der Waals surface area (Å²) < 4.78 is 58.8. The smallest absolute Gasteiger partial charge is 0.338 e. The molecule has 1 fully saturated rings. The minimum Gasteiger partial charge on any atom is -0.338 e. The number of aromatic nitrogens is 3. The van der Waals surface area contributed by atoms with E-state index in [9.17, 15) is 18.0 Å². The Morgan fingerprint density at radius 1 is 1.21 bits per heavy atom. The van der Waals surface area contributed by atoms with Crippen molar-refractivity contribution in [1.82, 2.24) is 19.4 Å². The van der Waals surface area contributed by atoms with E-state index in [-0.39, 0.29) is 36.6 Å². The number of rotatable bonds is 3. The highest BCUT2D eigenvalue weighted by Crippen LogP contribution is 2.43. The van der Waals surface area contributed by atoms with Gasteiger partial charge in [-0.2, -0.15) is 13.2 Å². The van der Waals surface area contributed by atoms with Crippen LogP contribution in [0.15, 0.2) is 35.5 Å². The lowest BCUT2D eigenvalue weighted by molar-refractivity contribution is -0.141. The van der Waals surface area contributed by atoms with Crippen LogP contribution < -0.4 is 5.49 Å². The monoisotopic (exact) mass is 531 g/mol. The zero-order valence-electron chi connectivity index (χ0n) is 22.7. The maximum Gasteiger partial charge on any atom is 0.416 e. The fraction of sp³-hybridized carbons (Fsp3) is 0.500. The molecule has 1 aromatic carbocycles. The molecule has 1 saturated heterocycles. The van der Waals surface area contributed by atoms with E-state index in [0.717, 1.165) is 6.07 Å². The molecule has 0 radical (unpaired) electrons. The number of nitrogens with zero attached hydrogens (tertiary/aromatic N) is 5. The van der Waals surface area contributed by atoms with Crippen LogP contribution in [-0.2, 0) is 23.7 Å². The molecule has 0 saturated carbocycles. The van der Waals surface area contributed by atoms with Crippen molar-refractivity contribution < 1.29 is 22.4 Å². The number of piperidine rings is 1. The third-order valence-electron chi connectivity index (χ3n) is 7.70. The summed E-state index contributed by atoms with van der Waals surface area (Å²) in [7, 11) is 1.82. The zero-order valence-corrected chi connectivity index (χ0v) is 22.7. The van der Waals surface area contributed by atoms with E-state index in [1.165, 1.54) is 19.9 Å². The van der Waals surface area contributed by atoms with E-state index in [1.807, 2.05) is 25.5 Å². The number of fused-ring (bicyclic) bond motifs is 1. The van der Waals surface area contributed by atoms with E-state index in [1.54, 1.807) is 37.1 Å². The van der Waals surface area contributed by atoms with Gasteiger partial charge in [-0.3, -0.25) is 14.8 Å². The number of hydrogen-bond donors (Lipinski definition) is 0. The second-order valence-corrected chi connectivity index (χ2v) is 10.8. The third kappa shape index (κ3) is 4.92. The molecule has 204 valence electrons. The predicted molar refractivity (Wildman–Crippen MR) is 137 cm³/mol. The maximum absolute atomic E-state index is 16.4. The maximum atomic E-state index is 16.4. The van der Waals surface area contributed by atoms with E-state index >= 15 is 4.39 Å². The highest BCUT2D eigenvalue weighted by atomic mass is 19.4. The standard InChI is InChI=1S/C28H33F4N5O/c1-16-20(9-8-10-22(16)28(30,31)32)17(2)34-25-21-13-24(33-14-23(21)36(7)18(3)35-25)27(29)11-12-37(19(4)38)26(5,6)15-27/h8-10,13-14,17H,11-12,15H2,1-7H3/b34-25-/t17-,27?/m1/s1. The molecule has 4 rings (SSSR count). The number of likely N-dealkylation sites (tertiary alicyclic amines) is 1. The Kier molecular flexibility index (Phi) is 6.91. The highest BCUT2D eigenvalue weighted by molar-refractivity contribution is 5.78. The lowest BCUT2D eigenvalue weighted by Crippen LogP contribution is -2.55. The average molecular weight is 532 g/mol. The summed E-state index contributed by atoms with van der Waals surface area (Å²) in [5.74, 6) is 0.528. The second kappa shape index (κ2) is 9.47. The molecule has 0 bridgehead atoms. The summed E-state index contributed by atoms with van der Waals surface area (Å²) in [6.45, 7) is 10.4. The minimum atomic E-state index is -4.47. The fourth-order valence-corrected chi connectivity index (χ4v) is 5.63. The summed E-state index contributed by atoms with van der Waals surface area (Å²) in [5.41, 5.74) is -1.40. The number of pyridine rings is 1. The first-order valence-corrected chi connectivity index (χ1v) is 12.6. The van der Waals surface area contributed by atoms with Gasteiger partial charge in [0.15, 0.2) is 11.2 Å². The van der Waals surface area contributed by atoms with Crippen LogP contribution in [0.1, 0.15) is 74.8 Å². The molecule has 0 spiro atoms. The van der Waals surface area contributed by atoms with Crippen LogP contribution in [0.2, 0.25) is 0 Å². The summed E-state index contributed by atoms with van der Waals surface area (Å²) in [4.78, 5) is 27.6. The Bertz CT molecular complexity index is 1480. The molecule has 1 aliphatic heterocycles. The summed E-state index contributed by atoms with van der Waals surface area (Å²) in [6, 6.07) is 5.08. The number of carbonyl (C=O) groups excluding carboxylic acids is 1. The molecular formula is C28H33F4N5O. The van der Waals surface area contributed by atoms with Crippen LogP contribution in [0.25, 0.3) is 10.9 Å². The van der Waals surface area contributed by atoms with Gasteiger partial charge in [-0.15, -0.1) is 0 Å². The van der Waals surface area contributed by atoms with Crippen molar-refractivity contribution in [3.63, 3.8) is 0 Å². The molecule has 10 heteroatoms. The number of halogens is 4. The van der Waals surface area contributed by atoms with Gasteiger partial charge in [0.25, 0.3) is 0 Å². The van der Waals surface area contributed by atoms with Gasteiger partial charge in [0, 0.05) is 44.3 Å². The van der Waals surface area contributed by atoms with Crippen molar-refractivity contribution >= 4 is 16.8 Å². The zero-order chi connectivity index (χ0) is 28.2. The summed E-state index contributed by atoms with van der Waals surface area (Å²) in [5, 5.41) is 0.559. The molecule has 3 heterocycles. The van der Waals surface area contributed by atoms with Gasteiger partial charge in [-0.05, 0) is 57.9 Å². The van der Waals surface area contributed by atoms with E-state index in [4.69, 9.17) is 4.99 Å². The number of carbonyl (C=O) groups is 1. The summed E-state index contributed by atoms with van der Waals surface area (Å²) in [6.07, 6.45) is -2.70. The van der Waals surface area contributed by atoms with Gasteiger partial charge in [0.05, 0.1) is 29.0 Å². The molecule has 1 amide bonds. The van der Waals surface area contributed by atoms with Gasteiger partial charge in [-0.25, -0.2) is 9.37 Å². The van der Waals surface area contributed by atoms with E-state index < -0.39 is 29.0 Å². The SMILES string of the molecule is CC(=O)N1CCC(F)(c2cc3/c(=N/[C@H](C)c4cccc(C(F)(F)F)c4C)nc(C)n(C)c3cn2)CC1(C)C. The van der Waals surface area contributed by atoms with Crippen molar-refractivity contribution in [3.8, 4) is 0 Å². The Labute approximate surface area is 219 Å². The third-order valence-corrected chi connectivity index (χ3v) is 7.70. The van der Waals surface area contributed by atoms with Crippen molar-refractivity contribution in [1.29, 1.82) is 0 Å². The number of amides is 1. The van der Waals surface area contributed by atoms with Crippen LogP contribution in [0, 0.1) is 13.8 Å². The fourth-order valence-electron chi connectivity index (χ4n) is 5.63. The minimum absolute atomic E-state index is 0.0792. The number of alkyl halides is 4. The first-order valence-electron chi connectivity index (χ1n) is 12.6. The molecule has 6 nitrogen and oxygen atoms in total. The first-order chi connectivity index (χ1) is 17.5. The van der Waals surface area contributed by atoms with E-state index in [0.29, 0.717) is 27.8 Å². The molecule has 38 heavy (non-hydrogen) atoms. The van der Waals surface area contributed by atoms with Crippen molar-refractivity contribution in [2.75, 3.05) is 6.54 Å². The van der Waals surface area contributed by atoms with Crippen LogP contribution in [0.4, 0.5) is 17.6 Å². The lowest BCUT2D eigenvalue weighted by Gasteiger charge is -2.47. The van der Waals surface area contributed by atoms with Crippen molar-refractivity contribution in [2.45, 2.75) is 77.8 Å². The average Bonchev–Trinajstić information content (AvgIpc) is 2.80. The topological polar surface area (TPSA) is 63.4 Å². The van der Waals surface area contributed by atoms with Gasteiger partial charge in [0.2, 0.25) is 5.91 Å². The van der Waals surface area contributed by atoms with Gasteiger partial charge >= 0.3 is 6.18 Å². The Morgan fingerprint density at radius 3 is 2.50 bits per heavy atom. The molecular weight excluding hydrogens is 498 g/mol. The number of aryl methyl sites for hydroxylation is 2. The van der Waals surface area contributed by atoms with Gasteiger partial charge < -0.3 is 9.47 Å². The van der Waals surface area contributed by atoms with Crippen molar-refractivity contribution in [3.05, 3.63) is 64.2 Å². The van der Waals surface area contributed by atoms with Crippen LogP contribution in [0.3, 0.4) is 0 Å². The molecule has 0 N–H and O–H groups in total. The van der Waals surface area contributed by atoms with Gasteiger partial charge in [0.1, 0.15) is 5.82 Å². The number of benzene rings is 1. The molecule has 2 aromatic heterocycles. The van der Waals surface area contributed by atoms with Crippen molar-refractivity contribution in [2.24, 2.45) is 12.0 Å². The summed E-state index contributed by atoms with van der Waals surface area (Å²) >= 11 is 0. The Hall–Kier alpha value is -3.30. The normalized spacial score (nSPS) is 21.1. The van der Waals surface area contributed by atoms with Crippen LogP contribution in [-0.4, -0.2) is 37.4 Å². The molecule has 2 atom stereocenters. The molecule has 3 aromatic rings. The Balaban J connectivity index is 1.85. The van der Waals surface area contributed by atoms with E-state index in [2.05, 4.69) is 9.97 Å². The first kappa shape index (κ1) is 27.7. The molecule has 0 aliphatic carbocycles. The second-order valence-electron chi connectivity index (χ2n) is 10.8. The van der Waals surface area contributed by atoms with Crippen LogP contribution >= 0.6 is 0 Å². The molecule has 1 aliphatic rings. The quantitative estimate of drug-likeness (QED) is 0.398. The molecule has 1 unspecified atom stereocenters. The van der Waals surface area contributed by atoms with Crippen LogP contribution in [0.5, 0.6) is 0 Å². The largest absolute Gasteiger partial charge is 0.416 e. The lowest BCUT2D eigenvalue weighted by atomic mass is 9.78. The van der Waals surface area contributed by atoms with Gasteiger partial charge in [-0.1, -0.05) is 12.1 Å². The number of hydrogen-bond acceptors (Lipinski definition) is 4. The Morgan fingerprint density at radius 2 is 1.89 bits per heavy atom. The predicted octanol–water partition coefficient (Wildman–Crippen LogP) is 5.85. The highest BCUT2D eigenvalue weighted by Gasteiger charge is 2.47.